The van der Waals surface area contributed by atoms with Gasteiger partial charge in [-0.05, 0) is 19.8 Å². The summed E-state index contributed by atoms with van der Waals surface area (Å²) < 4.78 is 113. The summed E-state index contributed by atoms with van der Waals surface area (Å²) in [5.74, 6) is -2.78. The summed E-state index contributed by atoms with van der Waals surface area (Å²) in [6.45, 7) is 0.232. The first-order valence-electron chi connectivity index (χ1n) is 13.4. The van der Waals surface area contributed by atoms with Crippen LogP contribution in [0.15, 0.2) is 12.3 Å². The van der Waals surface area contributed by atoms with Crippen LogP contribution in [0, 0.1) is 0 Å². The van der Waals surface area contributed by atoms with E-state index in [2.05, 4.69) is 10.3 Å². The maximum atomic E-state index is 13.1. The van der Waals surface area contributed by atoms with E-state index in [1.807, 2.05) is 0 Å². The standard InChI is InChI=1S/C26H34F6N2O10/c1-15-21(41-11-5-8-26(30,31)32)19(40-10-4-7-25(27,28)29)13-39-12-17(24(37)44-15)34-23(36)20-22(43-14-42-16(2)35)18(38-3)6-9-33-20/h6,9,15,17,19,21H,4-5,7-8,10-14H2,1-3H3,(H,34,36)/t15-,17-,19-,21-/m0/s1. The Labute approximate surface area is 248 Å². The van der Waals surface area contributed by atoms with Gasteiger partial charge in [-0.15, -0.1) is 0 Å². The number of methoxy groups -OCH3 is 1. The van der Waals surface area contributed by atoms with E-state index in [1.165, 1.54) is 26.3 Å². The number of hydrogen-bond acceptors (Lipinski definition) is 11. The molecule has 0 aromatic carbocycles. The van der Waals surface area contributed by atoms with Gasteiger partial charge in [0, 0.05) is 45.2 Å². The molecule has 1 aliphatic heterocycles. The number of nitrogens with zero attached hydrogens (tertiary/aromatic N) is 1. The average molecular weight is 649 g/mol. The predicted molar refractivity (Wildman–Crippen MR) is 136 cm³/mol. The third-order valence-corrected chi connectivity index (χ3v) is 5.91. The smallest absolute Gasteiger partial charge is 0.389 e. The van der Waals surface area contributed by atoms with E-state index in [0.717, 1.165) is 6.92 Å². The Morgan fingerprint density at radius 3 is 2.27 bits per heavy atom. The highest BCUT2D eigenvalue weighted by molar-refractivity contribution is 5.98. The van der Waals surface area contributed by atoms with Crippen molar-refractivity contribution in [2.24, 2.45) is 0 Å². The maximum Gasteiger partial charge on any atom is 0.389 e. The van der Waals surface area contributed by atoms with Gasteiger partial charge in [-0.3, -0.25) is 9.59 Å². The highest BCUT2D eigenvalue weighted by Gasteiger charge is 2.37. The number of carbonyl (C=O) groups excluding carboxylic acids is 3. The number of ether oxygens (including phenoxy) is 7. The van der Waals surface area contributed by atoms with Gasteiger partial charge in [-0.1, -0.05) is 0 Å². The van der Waals surface area contributed by atoms with Gasteiger partial charge >= 0.3 is 24.3 Å². The van der Waals surface area contributed by atoms with Crippen LogP contribution in [0.1, 0.15) is 50.0 Å². The van der Waals surface area contributed by atoms with Crippen molar-refractivity contribution in [1.82, 2.24) is 10.3 Å². The van der Waals surface area contributed by atoms with Gasteiger partial charge in [-0.2, -0.15) is 26.3 Å². The summed E-state index contributed by atoms with van der Waals surface area (Å²) in [6, 6.07) is -0.0862. The number of hydrogen-bond donors (Lipinski definition) is 1. The summed E-state index contributed by atoms with van der Waals surface area (Å²) in [5, 5.41) is 2.38. The second-order valence-corrected chi connectivity index (χ2v) is 9.48. The maximum absolute atomic E-state index is 13.1. The third kappa shape index (κ3) is 13.1. The largest absolute Gasteiger partial charge is 0.493 e. The van der Waals surface area contributed by atoms with Crippen LogP contribution >= 0.6 is 0 Å². The minimum absolute atomic E-state index is 0.0512. The number of carbonyl (C=O) groups is 3. The van der Waals surface area contributed by atoms with Crippen molar-refractivity contribution in [2.45, 2.75) is 76.2 Å². The van der Waals surface area contributed by atoms with Crippen LogP contribution in [0.2, 0.25) is 0 Å². The van der Waals surface area contributed by atoms with Crippen molar-refractivity contribution in [3.05, 3.63) is 18.0 Å². The van der Waals surface area contributed by atoms with Gasteiger partial charge in [-0.25, -0.2) is 9.78 Å². The number of alkyl halides is 6. The molecule has 1 aliphatic rings. The number of rotatable bonds is 14. The highest BCUT2D eigenvalue weighted by Crippen LogP contribution is 2.30. The molecule has 250 valence electrons. The second kappa shape index (κ2) is 17.2. The Hall–Kier alpha value is -3.38. The Kier molecular flexibility index (Phi) is 14.4. The topological polar surface area (TPSA) is 141 Å². The fraction of sp³-hybridized carbons (Fsp3) is 0.692. The van der Waals surface area contributed by atoms with Crippen LogP contribution in [-0.2, 0) is 33.3 Å². The molecule has 1 N–H and O–H groups in total. The summed E-state index contributed by atoms with van der Waals surface area (Å²) in [5.41, 5.74) is -0.353. The molecule has 0 spiro atoms. The van der Waals surface area contributed by atoms with Gasteiger partial charge in [0.1, 0.15) is 18.3 Å². The lowest BCUT2D eigenvalue weighted by Crippen LogP contribution is -2.47. The first-order valence-corrected chi connectivity index (χ1v) is 13.4. The van der Waals surface area contributed by atoms with Crippen LogP contribution in [0.5, 0.6) is 11.5 Å². The molecule has 0 saturated carbocycles. The van der Waals surface area contributed by atoms with Gasteiger partial charge in [0.05, 0.1) is 20.3 Å². The molecule has 1 amide bonds. The Balaban J connectivity index is 2.18. The molecule has 2 rings (SSSR count). The fourth-order valence-electron chi connectivity index (χ4n) is 3.88. The van der Waals surface area contributed by atoms with E-state index in [4.69, 9.17) is 33.2 Å². The number of nitrogens with one attached hydrogen (secondary N) is 1. The molecule has 0 radical (unpaired) electrons. The first kappa shape index (κ1) is 36.8. The molecule has 12 nitrogen and oxygen atoms in total. The van der Waals surface area contributed by atoms with Crippen molar-refractivity contribution < 1.29 is 73.9 Å². The van der Waals surface area contributed by atoms with E-state index in [1.54, 1.807) is 0 Å². The van der Waals surface area contributed by atoms with Crippen molar-refractivity contribution in [2.75, 3.05) is 40.3 Å². The lowest BCUT2D eigenvalue weighted by Gasteiger charge is -2.30. The molecule has 2 heterocycles. The Morgan fingerprint density at radius 2 is 1.68 bits per heavy atom. The predicted octanol–water partition coefficient (Wildman–Crippen LogP) is 3.51. The zero-order valence-electron chi connectivity index (χ0n) is 24.1. The van der Waals surface area contributed by atoms with E-state index in [-0.39, 0.29) is 23.8 Å². The SMILES string of the molecule is COc1ccnc(C(=O)N[C@H]2COC[C@H](OCCCC(F)(F)F)[C@@H](OCCCC(F)(F)F)[C@H](C)OC2=O)c1OCOC(C)=O. The molecule has 1 saturated heterocycles. The molecular weight excluding hydrogens is 614 g/mol. The number of aromatic nitrogens is 1. The molecule has 1 aromatic rings. The van der Waals surface area contributed by atoms with Crippen molar-refractivity contribution in [3.63, 3.8) is 0 Å². The molecular formula is C26H34F6N2O10. The van der Waals surface area contributed by atoms with Crippen LogP contribution in [-0.4, -0.2) is 99.9 Å². The van der Waals surface area contributed by atoms with Gasteiger partial charge in [0.2, 0.25) is 6.79 Å². The first-order chi connectivity index (χ1) is 20.6. The van der Waals surface area contributed by atoms with E-state index in [0.29, 0.717) is 0 Å². The van der Waals surface area contributed by atoms with Crippen LogP contribution in [0.4, 0.5) is 26.3 Å². The van der Waals surface area contributed by atoms with E-state index in [9.17, 15) is 40.7 Å². The zero-order chi connectivity index (χ0) is 32.9. The highest BCUT2D eigenvalue weighted by atomic mass is 19.4. The van der Waals surface area contributed by atoms with Crippen molar-refractivity contribution in [3.8, 4) is 11.5 Å². The molecule has 0 aliphatic carbocycles. The molecule has 1 aromatic heterocycles. The Bertz CT molecular complexity index is 1090. The molecule has 18 heteroatoms. The molecule has 0 unspecified atom stereocenters. The molecule has 4 atom stereocenters. The van der Waals surface area contributed by atoms with Gasteiger partial charge in [0.15, 0.2) is 23.2 Å². The number of halogens is 6. The minimum atomic E-state index is -4.44. The lowest BCUT2D eigenvalue weighted by atomic mass is 10.1. The number of amides is 1. The molecule has 0 bridgehead atoms. The quantitative estimate of drug-likeness (QED) is 0.137. The lowest BCUT2D eigenvalue weighted by molar-refractivity contribution is -0.173. The van der Waals surface area contributed by atoms with Crippen LogP contribution in [0.25, 0.3) is 0 Å². The van der Waals surface area contributed by atoms with Gasteiger partial charge < -0.3 is 38.5 Å². The Morgan fingerprint density at radius 1 is 1.05 bits per heavy atom. The normalized spacial score (nSPS) is 21.3. The average Bonchev–Trinajstić information content (AvgIpc) is 2.96. The fourth-order valence-corrected chi connectivity index (χ4v) is 3.88. The van der Waals surface area contributed by atoms with Crippen molar-refractivity contribution >= 4 is 17.8 Å². The summed E-state index contributed by atoms with van der Waals surface area (Å²) in [4.78, 5) is 41.2. The summed E-state index contributed by atoms with van der Waals surface area (Å²) in [6.07, 6.45) is -14.3. The van der Waals surface area contributed by atoms with E-state index >= 15 is 0 Å². The second-order valence-electron chi connectivity index (χ2n) is 9.48. The minimum Gasteiger partial charge on any atom is -0.493 e. The zero-order valence-corrected chi connectivity index (χ0v) is 24.1. The van der Waals surface area contributed by atoms with E-state index < -0.39 is 107 Å². The molecule has 1 fully saturated rings. The van der Waals surface area contributed by atoms with Gasteiger partial charge in [0.25, 0.3) is 5.91 Å². The number of esters is 2. The van der Waals surface area contributed by atoms with Crippen LogP contribution < -0.4 is 14.8 Å². The monoisotopic (exact) mass is 648 g/mol. The van der Waals surface area contributed by atoms with Crippen LogP contribution in [0.3, 0.4) is 0 Å². The number of cyclic esters (lactones) is 1. The number of pyridine rings is 1. The third-order valence-electron chi connectivity index (χ3n) is 5.91. The molecule has 44 heavy (non-hydrogen) atoms. The summed E-state index contributed by atoms with van der Waals surface area (Å²) in [7, 11) is 1.28. The van der Waals surface area contributed by atoms with Crippen molar-refractivity contribution in [1.29, 1.82) is 0 Å². The summed E-state index contributed by atoms with van der Waals surface area (Å²) >= 11 is 0.